The van der Waals surface area contributed by atoms with Gasteiger partial charge >= 0.3 is 0 Å². The van der Waals surface area contributed by atoms with Crippen LogP contribution in [0.25, 0.3) is 82.1 Å². The summed E-state index contributed by atoms with van der Waals surface area (Å²) in [6.07, 6.45) is 0. The van der Waals surface area contributed by atoms with Crippen molar-refractivity contribution >= 4 is 82.4 Å². The molecule has 0 atom stereocenters. The van der Waals surface area contributed by atoms with Crippen LogP contribution in [-0.4, -0.2) is 4.57 Å². The molecule has 3 nitrogen and oxygen atoms in total. The molecule has 0 saturated heterocycles. The van der Waals surface area contributed by atoms with E-state index in [1.165, 1.54) is 49.1 Å². The predicted octanol–water partition coefficient (Wildman–Crippen LogP) is 14.1. The van der Waals surface area contributed by atoms with Gasteiger partial charge in [0.15, 0.2) is 0 Å². The lowest BCUT2D eigenvalue weighted by atomic mass is 10.0. The minimum absolute atomic E-state index is 0.874. The van der Waals surface area contributed by atoms with E-state index in [0.717, 1.165) is 50.1 Å². The Balaban J connectivity index is 1.05. The maximum atomic E-state index is 6.65. The van der Waals surface area contributed by atoms with Crippen LogP contribution in [0.2, 0.25) is 0 Å². The van der Waals surface area contributed by atoms with Crippen molar-refractivity contribution in [3.8, 4) is 16.8 Å². The number of fused-ring (bicyclic) bond motifs is 9. The second kappa shape index (κ2) is 11.7. The topological polar surface area (TPSA) is 21.3 Å². The lowest BCUT2D eigenvalue weighted by Gasteiger charge is -2.27. The highest BCUT2D eigenvalue weighted by molar-refractivity contribution is 6.20. The van der Waals surface area contributed by atoms with Crippen molar-refractivity contribution in [2.24, 2.45) is 0 Å². The Bertz CT molecular complexity index is 3110. The van der Waals surface area contributed by atoms with E-state index >= 15 is 0 Å². The zero-order valence-corrected chi connectivity index (χ0v) is 28.8. The zero-order chi connectivity index (χ0) is 34.9. The monoisotopic (exact) mass is 676 g/mol. The molecule has 2 aromatic heterocycles. The summed E-state index contributed by atoms with van der Waals surface area (Å²) < 4.78 is 9.01. The molecule has 248 valence electrons. The van der Waals surface area contributed by atoms with Crippen molar-refractivity contribution in [1.82, 2.24) is 4.57 Å². The Morgan fingerprint density at radius 3 is 1.64 bits per heavy atom. The van der Waals surface area contributed by atoms with Crippen LogP contribution >= 0.6 is 0 Å². The molecule has 0 fully saturated rings. The van der Waals surface area contributed by atoms with Gasteiger partial charge in [-0.05, 0) is 82.6 Å². The van der Waals surface area contributed by atoms with E-state index in [0.29, 0.717) is 0 Å². The zero-order valence-electron chi connectivity index (χ0n) is 28.8. The molecule has 11 rings (SSSR count). The van der Waals surface area contributed by atoms with Gasteiger partial charge in [0.2, 0.25) is 0 Å². The summed E-state index contributed by atoms with van der Waals surface area (Å²) in [6, 6.07) is 69.7. The summed E-state index contributed by atoms with van der Waals surface area (Å²) in [4.78, 5) is 2.39. The van der Waals surface area contributed by atoms with Gasteiger partial charge in [-0.3, -0.25) is 0 Å². The van der Waals surface area contributed by atoms with Gasteiger partial charge in [0.1, 0.15) is 11.2 Å². The Labute approximate surface area is 306 Å². The van der Waals surface area contributed by atoms with E-state index < -0.39 is 0 Å². The van der Waals surface area contributed by atoms with Gasteiger partial charge in [0.05, 0.1) is 27.8 Å². The number of hydrogen-bond acceptors (Lipinski definition) is 2. The standard InChI is InChI=1S/C50H32N2O/c1-3-14-39-35(11-1)13-9-20-44(39)52(47-21-10-22-48-49(47)43-32-27-36-12-2-4-15-40(36)50(43)53-48)38-30-25-34(26-31-38)33-23-28-37(29-24-33)51-45-18-7-5-16-41(45)42-17-6-8-19-46(42)51/h1-32H. The van der Waals surface area contributed by atoms with E-state index in [1.807, 2.05) is 0 Å². The van der Waals surface area contributed by atoms with E-state index in [2.05, 4.69) is 204 Å². The number of para-hydroxylation sites is 2. The number of hydrogen-bond donors (Lipinski definition) is 0. The number of nitrogens with zero attached hydrogens (tertiary/aromatic N) is 2. The molecular weight excluding hydrogens is 645 g/mol. The Hall–Kier alpha value is -7.10. The van der Waals surface area contributed by atoms with Crippen molar-refractivity contribution in [3.63, 3.8) is 0 Å². The van der Waals surface area contributed by atoms with Crippen LogP contribution in [0.1, 0.15) is 0 Å². The SMILES string of the molecule is c1ccc2c(N(c3ccc(-c4ccc(-n5c6ccccc6c6ccccc65)cc4)cc3)c3cccc4oc5c6ccccc6ccc5c34)cccc2c1. The molecule has 0 unspecified atom stereocenters. The number of benzene rings is 9. The lowest BCUT2D eigenvalue weighted by Crippen LogP contribution is -2.10. The molecule has 2 heterocycles. The third-order valence-corrected chi connectivity index (χ3v) is 10.8. The van der Waals surface area contributed by atoms with E-state index in [4.69, 9.17) is 4.42 Å². The molecule has 0 radical (unpaired) electrons. The summed E-state index contributed by atoms with van der Waals surface area (Å²) >= 11 is 0. The molecule has 11 aromatic rings. The second-order valence-electron chi connectivity index (χ2n) is 13.7. The molecule has 0 aliphatic carbocycles. The lowest BCUT2D eigenvalue weighted by molar-refractivity contribution is 0.672. The van der Waals surface area contributed by atoms with Crippen LogP contribution in [-0.2, 0) is 0 Å². The molecule has 0 aliphatic heterocycles. The predicted molar refractivity (Wildman–Crippen MR) is 223 cm³/mol. The summed E-state index contributed by atoms with van der Waals surface area (Å²) in [5.74, 6) is 0. The van der Waals surface area contributed by atoms with Crippen LogP contribution in [0.5, 0.6) is 0 Å². The normalized spacial score (nSPS) is 11.8. The van der Waals surface area contributed by atoms with Gasteiger partial charge in [0.25, 0.3) is 0 Å². The van der Waals surface area contributed by atoms with Crippen molar-refractivity contribution in [3.05, 3.63) is 194 Å². The minimum atomic E-state index is 0.874. The van der Waals surface area contributed by atoms with Gasteiger partial charge in [-0.2, -0.15) is 0 Å². The van der Waals surface area contributed by atoms with E-state index in [-0.39, 0.29) is 0 Å². The van der Waals surface area contributed by atoms with Gasteiger partial charge < -0.3 is 13.9 Å². The molecule has 53 heavy (non-hydrogen) atoms. The fourth-order valence-corrected chi connectivity index (χ4v) is 8.34. The molecule has 0 spiro atoms. The third-order valence-electron chi connectivity index (χ3n) is 10.8. The fourth-order valence-electron chi connectivity index (χ4n) is 8.34. The number of rotatable bonds is 5. The fraction of sp³-hybridized carbons (Fsp3) is 0. The maximum absolute atomic E-state index is 6.65. The first-order valence-electron chi connectivity index (χ1n) is 18.1. The van der Waals surface area contributed by atoms with Gasteiger partial charge in [-0.15, -0.1) is 0 Å². The summed E-state index contributed by atoms with van der Waals surface area (Å²) in [5, 5.41) is 9.44. The van der Waals surface area contributed by atoms with Crippen molar-refractivity contribution < 1.29 is 4.42 Å². The van der Waals surface area contributed by atoms with Gasteiger partial charge in [-0.25, -0.2) is 0 Å². The molecule has 0 amide bonds. The van der Waals surface area contributed by atoms with E-state index in [1.54, 1.807) is 0 Å². The average Bonchev–Trinajstić information content (AvgIpc) is 3.78. The Morgan fingerprint density at radius 2 is 0.925 bits per heavy atom. The number of furan rings is 1. The van der Waals surface area contributed by atoms with Crippen molar-refractivity contribution in [2.45, 2.75) is 0 Å². The minimum Gasteiger partial charge on any atom is -0.455 e. The highest BCUT2D eigenvalue weighted by Crippen LogP contribution is 2.46. The number of anilines is 3. The van der Waals surface area contributed by atoms with Crippen LogP contribution in [0.3, 0.4) is 0 Å². The summed E-state index contributed by atoms with van der Waals surface area (Å²) in [7, 11) is 0. The van der Waals surface area contributed by atoms with Crippen LogP contribution in [0.15, 0.2) is 199 Å². The third kappa shape index (κ3) is 4.61. The van der Waals surface area contributed by atoms with Crippen molar-refractivity contribution in [1.29, 1.82) is 0 Å². The van der Waals surface area contributed by atoms with Crippen molar-refractivity contribution in [2.75, 3.05) is 4.90 Å². The highest BCUT2D eigenvalue weighted by atomic mass is 16.3. The largest absolute Gasteiger partial charge is 0.455 e. The quantitative estimate of drug-likeness (QED) is 0.181. The highest BCUT2D eigenvalue weighted by Gasteiger charge is 2.22. The maximum Gasteiger partial charge on any atom is 0.143 e. The first-order valence-corrected chi connectivity index (χ1v) is 18.1. The van der Waals surface area contributed by atoms with Crippen LogP contribution in [0, 0.1) is 0 Å². The molecule has 0 N–H and O–H groups in total. The Kier molecular flexibility index (Phi) is 6.55. The molecule has 0 bridgehead atoms. The first-order chi connectivity index (χ1) is 26.3. The van der Waals surface area contributed by atoms with Gasteiger partial charge in [0, 0.05) is 38.3 Å². The number of aromatic nitrogens is 1. The molecule has 9 aromatic carbocycles. The molecule has 3 heteroatoms. The summed E-state index contributed by atoms with van der Waals surface area (Å²) in [5.41, 5.74) is 11.0. The van der Waals surface area contributed by atoms with Crippen LogP contribution < -0.4 is 4.90 Å². The molecule has 0 saturated carbocycles. The second-order valence-corrected chi connectivity index (χ2v) is 13.7. The molecular formula is C50H32N2O. The average molecular weight is 677 g/mol. The van der Waals surface area contributed by atoms with E-state index in [9.17, 15) is 0 Å². The smallest absolute Gasteiger partial charge is 0.143 e. The molecule has 0 aliphatic rings. The van der Waals surface area contributed by atoms with Crippen LogP contribution in [0.4, 0.5) is 17.1 Å². The summed E-state index contributed by atoms with van der Waals surface area (Å²) in [6.45, 7) is 0. The Morgan fingerprint density at radius 1 is 0.377 bits per heavy atom. The van der Waals surface area contributed by atoms with Gasteiger partial charge in [-0.1, -0.05) is 133 Å². The first kappa shape index (κ1) is 29.6.